The van der Waals surface area contributed by atoms with Crippen LogP contribution in [-0.2, 0) is 11.2 Å². The maximum absolute atomic E-state index is 12.9. The Morgan fingerprint density at radius 1 is 1.31 bits per heavy atom. The Morgan fingerprint density at radius 2 is 1.94 bits per heavy atom. The van der Waals surface area contributed by atoms with Crippen molar-refractivity contribution in [2.45, 2.75) is 25.1 Å². The second kappa shape index (κ2) is 5.53. The summed E-state index contributed by atoms with van der Waals surface area (Å²) in [4.78, 5) is 11.2. The first kappa shape index (κ1) is 13.3. The molecule has 0 fully saturated rings. The lowest BCUT2D eigenvalue weighted by Crippen LogP contribution is -2.21. The molecule has 0 saturated heterocycles. The molecule has 0 aliphatic rings. The average molecular weight is 291 g/mol. The van der Waals surface area contributed by atoms with Gasteiger partial charge in [-0.1, -0.05) is 35.8 Å². The standard InChI is InChI=1S/C12H13BrF2O/c1-7(2)12(16)9(13)5-8-3-4-10(14)11(15)6-8/h3-4,6-7,9H,5H2,1-2H3. The summed E-state index contributed by atoms with van der Waals surface area (Å²) in [5, 5.41) is 0. The number of carbonyl (C=O) groups is 1. The zero-order valence-electron chi connectivity index (χ0n) is 9.14. The van der Waals surface area contributed by atoms with Crippen molar-refractivity contribution in [2.75, 3.05) is 0 Å². The summed E-state index contributed by atoms with van der Waals surface area (Å²) < 4.78 is 25.6. The van der Waals surface area contributed by atoms with E-state index in [4.69, 9.17) is 0 Å². The summed E-state index contributed by atoms with van der Waals surface area (Å²) in [6.45, 7) is 3.61. The first-order valence-electron chi connectivity index (χ1n) is 5.03. The van der Waals surface area contributed by atoms with Crippen LogP contribution in [0.4, 0.5) is 8.78 Å². The first-order valence-corrected chi connectivity index (χ1v) is 5.95. The Labute approximate surface area is 102 Å². The lowest BCUT2D eigenvalue weighted by Gasteiger charge is -2.11. The molecule has 0 heterocycles. The van der Waals surface area contributed by atoms with Gasteiger partial charge in [0, 0.05) is 5.92 Å². The molecule has 1 rings (SSSR count). The number of ketones is 1. The number of rotatable bonds is 4. The monoisotopic (exact) mass is 290 g/mol. The van der Waals surface area contributed by atoms with E-state index < -0.39 is 11.6 Å². The van der Waals surface area contributed by atoms with Gasteiger partial charge in [0.05, 0.1) is 4.83 Å². The number of benzene rings is 1. The molecule has 0 radical (unpaired) electrons. The molecule has 0 saturated carbocycles. The van der Waals surface area contributed by atoms with Crippen LogP contribution in [0.15, 0.2) is 18.2 Å². The van der Waals surface area contributed by atoms with Crippen molar-refractivity contribution in [3.8, 4) is 0 Å². The number of Topliss-reactive ketones (excluding diaryl/α,β-unsaturated/α-hetero) is 1. The van der Waals surface area contributed by atoms with Crippen LogP contribution < -0.4 is 0 Å². The first-order chi connectivity index (χ1) is 7.41. The van der Waals surface area contributed by atoms with Gasteiger partial charge in [-0.15, -0.1) is 0 Å². The molecule has 0 N–H and O–H groups in total. The summed E-state index contributed by atoms with van der Waals surface area (Å²) in [6.07, 6.45) is 0.369. The van der Waals surface area contributed by atoms with E-state index in [1.807, 2.05) is 13.8 Å². The predicted molar refractivity (Wildman–Crippen MR) is 62.6 cm³/mol. The molecule has 1 atom stereocenters. The fraction of sp³-hybridized carbons (Fsp3) is 0.417. The fourth-order valence-corrected chi connectivity index (χ4v) is 2.24. The Balaban J connectivity index is 2.73. The minimum atomic E-state index is -0.880. The molecule has 1 aromatic rings. The highest BCUT2D eigenvalue weighted by molar-refractivity contribution is 9.10. The zero-order chi connectivity index (χ0) is 12.3. The summed E-state index contributed by atoms with van der Waals surface area (Å²) >= 11 is 3.26. The predicted octanol–water partition coefficient (Wildman–Crippen LogP) is 3.50. The van der Waals surface area contributed by atoms with Crippen LogP contribution in [0.1, 0.15) is 19.4 Å². The second-order valence-electron chi connectivity index (χ2n) is 3.98. The zero-order valence-corrected chi connectivity index (χ0v) is 10.7. The number of alkyl halides is 1. The van der Waals surface area contributed by atoms with Gasteiger partial charge >= 0.3 is 0 Å². The Hall–Kier alpha value is -0.770. The lowest BCUT2D eigenvalue weighted by atomic mass is 10.0. The van der Waals surface area contributed by atoms with E-state index in [2.05, 4.69) is 15.9 Å². The summed E-state index contributed by atoms with van der Waals surface area (Å²) in [7, 11) is 0. The number of halogens is 3. The lowest BCUT2D eigenvalue weighted by molar-refractivity contribution is -0.121. The Morgan fingerprint density at radius 3 is 2.44 bits per heavy atom. The molecule has 88 valence electrons. The van der Waals surface area contributed by atoms with Gasteiger partial charge in [-0.05, 0) is 24.1 Å². The van der Waals surface area contributed by atoms with Gasteiger partial charge in [0.2, 0.25) is 0 Å². The van der Waals surface area contributed by atoms with Gasteiger partial charge in [-0.3, -0.25) is 4.79 Å². The third-order valence-corrected chi connectivity index (χ3v) is 3.05. The Bertz CT molecular complexity index is 391. The maximum atomic E-state index is 12.9. The molecule has 0 amide bonds. The minimum absolute atomic E-state index is 0.0599. The van der Waals surface area contributed by atoms with E-state index in [-0.39, 0.29) is 16.5 Å². The number of hydrogen-bond donors (Lipinski definition) is 0. The third-order valence-electron chi connectivity index (χ3n) is 2.28. The van der Waals surface area contributed by atoms with E-state index in [1.54, 1.807) is 0 Å². The van der Waals surface area contributed by atoms with Gasteiger partial charge in [-0.2, -0.15) is 0 Å². The molecule has 0 aliphatic carbocycles. The Kier molecular flexibility index (Phi) is 4.59. The molecule has 0 spiro atoms. The summed E-state index contributed by atoms with van der Waals surface area (Å²) in [5.74, 6) is -1.77. The van der Waals surface area contributed by atoms with Gasteiger partial charge in [-0.25, -0.2) is 8.78 Å². The van der Waals surface area contributed by atoms with E-state index in [0.29, 0.717) is 12.0 Å². The molecule has 0 bridgehead atoms. The molecule has 1 nitrogen and oxygen atoms in total. The van der Waals surface area contributed by atoms with Gasteiger partial charge < -0.3 is 0 Å². The summed E-state index contributed by atoms with van der Waals surface area (Å²) in [5.41, 5.74) is 0.606. The maximum Gasteiger partial charge on any atom is 0.159 e. The highest BCUT2D eigenvalue weighted by Crippen LogP contribution is 2.16. The van der Waals surface area contributed by atoms with Crippen LogP contribution in [0.3, 0.4) is 0 Å². The van der Waals surface area contributed by atoms with Crippen molar-refractivity contribution in [1.29, 1.82) is 0 Å². The molecule has 0 aromatic heterocycles. The number of hydrogen-bond acceptors (Lipinski definition) is 1. The van der Waals surface area contributed by atoms with Crippen molar-refractivity contribution in [1.82, 2.24) is 0 Å². The normalized spacial score (nSPS) is 12.9. The molecule has 0 aliphatic heterocycles. The summed E-state index contributed by atoms with van der Waals surface area (Å²) in [6, 6.07) is 3.68. The van der Waals surface area contributed by atoms with Crippen molar-refractivity contribution in [3.63, 3.8) is 0 Å². The van der Waals surface area contributed by atoms with Crippen LogP contribution in [0.2, 0.25) is 0 Å². The minimum Gasteiger partial charge on any atom is -0.298 e. The SMILES string of the molecule is CC(C)C(=O)C(Br)Cc1ccc(F)c(F)c1. The molecular weight excluding hydrogens is 278 g/mol. The average Bonchev–Trinajstić information content (AvgIpc) is 2.22. The van der Waals surface area contributed by atoms with Gasteiger partial charge in [0.1, 0.15) is 5.78 Å². The molecular formula is C12H13BrF2O. The third kappa shape index (κ3) is 3.37. The number of carbonyl (C=O) groups excluding carboxylic acids is 1. The van der Waals surface area contributed by atoms with Gasteiger partial charge in [0.25, 0.3) is 0 Å². The van der Waals surface area contributed by atoms with Crippen molar-refractivity contribution < 1.29 is 13.6 Å². The van der Waals surface area contributed by atoms with Crippen molar-refractivity contribution >= 4 is 21.7 Å². The van der Waals surface area contributed by atoms with Crippen LogP contribution >= 0.6 is 15.9 Å². The van der Waals surface area contributed by atoms with Crippen molar-refractivity contribution in [3.05, 3.63) is 35.4 Å². The largest absolute Gasteiger partial charge is 0.298 e. The molecule has 1 aromatic carbocycles. The van der Waals surface area contributed by atoms with E-state index >= 15 is 0 Å². The van der Waals surface area contributed by atoms with Crippen LogP contribution in [0.5, 0.6) is 0 Å². The topological polar surface area (TPSA) is 17.1 Å². The van der Waals surface area contributed by atoms with Crippen molar-refractivity contribution in [2.24, 2.45) is 5.92 Å². The highest BCUT2D eigenvalue weighted by atomic mass is 79.9. The second-order valence-corrected chi connectivity index (χ2v) is 5.08. The van der Waals surface area contributed by atoms with E-state index in [9.17, 15) is 13.6 Å². The van der Waals surface area contributed by atoms with Crippen LogP contribution in [-0.4, -0.2) is 10.6 Å². The van der Waals surface area contributed by atoms with E-state index in [1.165, 1.54) is 6.07 Å². The quantitative estimate of drug-likeness (QED) is 0.776. The van der Waals surface area contributed by atoms with Crippen LogP contribution in [0.25, 0.3) is 0 Å². The molecule has 16 heavy (non-hydrogen) atoms. The van der Waals surface area contributed by atoms with Gasteiger partial charge in [0.15, 0.2) is 11.6 Å². The van der Waals surface area contributed by atoms with Crippen LogP contribution in [0, 0.1) is 17.6 Å². The highest BCUT2D eigenvalue weighted by Gasteiger charge is 2.18. The van der Waals surface area contributed by atoms with E-state index in [0.717, 1.165) is 12.1 Å². The molecule has 4 heteroatoms. The fourth-order valence-electron chi connectivity index (χ4n) is 1.34. The smallest absolute Gasteiger partial charge is 0.159 e. The molecule has 1 unspecified atom stereocenters.